The third-order valence-corrected chi connectivity index (χ3v) is 8.62. The zero-order valence-corrected chi connectivity index (χ0v) is 30.7. The molecule has 0 aliphatic rings. The summed E-state index contributed by atoms with van der Waals surface area (Å²) in [6.45, 7) is 2.36. The lowest BCUT2D eigenvalue weighted by Gasteiger charge is -2.20. The SMILES string of the molecule is CCCCCCC/C=C\C/C=C\CCCCCCCCCCCCCC(=O)OC(COC(=O)CCC)COP(=O)(O)OCC(N)C(=O)O. The van der Waals surface area contributed by atoms with Crippen molar-refractivity contribution in [2.24, 2.45) is 5.73 Å². The first kappa shape index (κ1) is 46.0. The molecule has 0 fully saturated rings. The highest BCUT2D eigenvalue weighted by atomic mass is 31.2. The van der Waals surface area contributed by atoms with Gasteiger partial charge in [-0.25, -0.2) is 4.57 Å². The number of unbranched alkanes of at least 4 members (excludes halogenated alkanes) is 16. The lowest BCUT2D eigenvalue weighted by Crippen LogP contribution is -2.34. The number of ether oxygens (including phenoxy) is 2. The molecule has 3 unspecified atom stereocenters. The number of carbonyl (C=O) groups is 3. The topological polar surface area (TPSA) is 172 Å². The highest BCUT2D eigenvalue weighted by Gasteiger charge is 2.28. The van der Waals surface area contributed by atoms with E-state index in [0.717, 1.165) is 25.7 Å². The Morgan fingerprint density at radius 1 is 0.646 bits per heavy atom. The minimum atomic E-state index is -4.68. The molecule has 0 heterocycles. The van der Waals surface area contributed by atoms with Crippen molar-refractivity contribution in [1.29, 1.82) is 0 Å². The molecule has 3 atom stereocenters. The van der Waals surface area contributed by atoms with Crippen LogP contribution in [0, 0.1) is 0 Å². The molecule has 0 spiro atoms. The number of hydrogen-bond donors (Lipinski definition) is 3. The van der Waals surface area contributed by atoms with Crippen LogP contribution in [0.5, 0.6) is 0 Å². The molecule has 280 valence electrons. The number of esters is 2. The van der Waals surface area contributed by atoms with Gasteiger partial charge in [-0.3, -0.25) is 23.4 Å². The maximum atomic E-state index is 12.4. The normalized spacial score (nSPS) is 14.2. The minimum absolute atomic E-state index is 0.158. The van der Waals surface area contributed by atoms with Crippen molar-refractivity contribution < 1.29 is 47.5 Å². The molecule has 11 nitrogen and oxygen atoms in total. The Kier molecular flexibility index (Phi) is 30.8. The van der Waals surface area contributed by atoms with Crippen molar-refractivity contribution in [3.63, 3.8) is 0 Å². The molecular weight excluding hydrogens is 637 g/mol. The molecule has 12 heteroatoms. The van der Waals surface area contributed by atoms with Gasteiger partial charge in [0.05, 0.1) is 13.2 Å². The standard InChI is InChI=1S/C36H66NO10P/c1-3-5-6-7-8-9-10-11-12-13-14-15-16-17-18-19-20-21-22-23-24-25-26-28-35(39)47-32(29-44-34(38)27-4-2)30-45-48(42,43)46-31-33(37)36(40)41/h10-11,13-14,32-33H,3-9,12,15-31,37H2,1-2H3,(H,40,41)(H,42,43)/b11-10-,14-13-. The molecule has 0 bridgehead atoms. The molecular formula is C36H66NO10P. The third-order valence-electron chi connectivity index (χ3n) is 7.67. The fraction of sp³-hybridized carbons (Fsp3) is 0.806. The van der Waals surface area contributed by atoms with Crippen LogP contribution < -0.4 is 5.73 Å². The zero-order chi connectivity index (χ0) is 35.7. The van der Waals surface area contributed by atoms with Gasteiger partial charge in [-0.1, -0.05) is 122 Å². The first-order valence-corrected chi connectivity index (χ1v) is 19.9. The van der Waals surface area contributed by atoms with Crippen LogP contribution in [0.15, 0.2) is 24.3 Å². The zero-order valence-electron chi connectivity index (χ0n) is 29.8. The van der Waals surface area contributed by atoms with Gasteiger partial charge >= 0.3 is 25.7 Å². The Labute approximate surface area is 290 Å². The summed E-state index contributed by atoms with van der Waals surface area (Å²) in [5.41, 5.74) is 5.26. The van der Waals surface area contributed by atoms with Crippen LogP contribution >= 0.6 is 7.82 Å². The van der Waals surface area contributed by atoms with Gasteiger partial charge in [0, 0.05) is 12.8 Å². The molecule has 0 rings (SSSR count). The van der Waals surface area contributed by atoms with E-state index in [-0.39, 0.29) is 19.4 Å². The summed E-state index contributed by atoms with van der Waals surface area (Å²) in [4.78, 5) is 44.7. The Balaban J connectivity index is 3.96. The van der Waals surface area contributed by atoms with Crippen LogP contribution in [-0.2, 0) is 37.5 Å². The van der Waals surface area contributed by atoms with Gasteiger partial charge in [-0.15, -0.1) is 0 Å². The van der Waals surface area contributed by atoms with E-state index < -0.39 is 51.1 Å². The van der Waals surface area contributed by atoms with Gasteiger partial charge in [0.2, 0.25) is 0 Å². The highest BCUT2D eigenvalue weighted by molar-refractivity contribution is 7.47. The molecule has 0 radical (unpaired) electrons. The highest BCUT2D eigenvalue weighted by Crippen LogP contribution is 2.43. The lowest BCUT2D eigenvalue weighted by molar-refractivity contribution is -0.161. The number of phosphoric ester groups is 1. The van der Waals surface area contributed by atoms with Crippen LogP contribution in [0.1, 0.15) is 155 Å². The Morgan fingerprint density at radius 3 is 1.67 bits per heavy atom. The smallest absolute Gasteiger partial charge is 0.472 e. The molecule has 0 amide bonds. The number of carboxylic acid groups (broad SMARTS) is 1. The largest absolute Gasteiger partial charge is 0.480 e. The van der Waals surface area contributed by atoms with Crippen LogP contribution in [0.25, 0.3) is 0 Å². The van der Waals surface area contributed by atoms with Crippen LogP contribution in [0.3, 0.4) is 0 Å². The van der Waals surface area contributed by atoms with Crippen LogP contribution in [0.4, 0.5) is 0 Å². The molecule has 0 aromatic heterocycles. The average molecular weight is 704 g/mol. The van der Waals surface area contributed by atoms with E-state index in [1.807, 2.05) is 6.92 Å². The Morgan fingerprint density at radius 2 is 1.15 bits per heavy atom. The van der Waals surface area contributed by atoms with E-state index >= 15 is 0 Å². The summed E-state index contributed by atoms with van der Waals surface area (Å²) in [5, 5.41) is 8.78. The summed E-state index contributed by atoms with van der Waals surface area (Å²) in [5.74, 6) is -2.45. The summed E-state index contributed by atoms with van der Waals surface area (Å²) in [6.07, 6.45) is 31.6. The second-order valence-electron chi connectivity index (χ2n) is 12.4. The van der Waals surface area contributed by atoms with Gasteiger partial charge in [-0.2, -0.15) is 0 Å². The van der Waals surface area contributed by atoms with Crippen molar-refractivity contribution in [2.45, 2.75) is 167 Å². The van der Waals surface area contributed by atoms with Crippen molar-refractivity contribution in [2.75, 3.05) is 19.8 Å². The monoisotopic (exact) mass is 703 g/mol. The van der Waals surface area contributed by atoms with E-state index in [2.05, 4.69) is 35.8 Å². The fourth-order valence-electron chi connectivity index (χ4n) is 4.78. The van der Waals surface area contributed by atoms with E-state index in [4.69, 9.17) is 24.8 Å². The number of hydrogen-bond acceptors (Lipinski definition) is 9. The molecule has 0 aliphatic heterocycles. The molecule has 0 aromatic carbocycles. The quantitative estimate of drug-likeness (QED) is 0.0253. The number of phosphoric acid groups is 1. The summed E-state index contributed by atoms with van der Waals surface area (Å²) < 4.78 is 31.9. The predicted molar refractivity (Wildman–Crippen MR) is 189 cm³/mol. The molecule has 0 aliphatic carbocycles. The Bertz CT molecular complexity index is 926. The number of carbonyl (C=O) groups excluding carboxylic acids is 2. The molecule has 0 aromatic rings. The molecule has 48 heavy (non-hydrogen) atoms. The first-order chi connectivity index (χ1) is 23.1. The molecule has 0 saturated heterocycles. The number of rotatable bonds is 34. The molecule has 4 N–H and O–H groups in total. The van der Waals surface area contributed by atoms with Crippen molar-refractivity contribution in [1.82, 2.24) is 0 Å². The van der Waals surface area contributed by atoms with E-state index in [1.54, 1.807) is 0 Å². The van der Waals surface area contributed by atoms with Crippen LogP contribution in [0.2, 0.25) is 0 Å². The summed E-state index contributed by atoms with van der Waals surface area (Å²) in [7, 11) is -4.68. The average Bonchev–Trinajstić information content (AvgIpc) is 3.05. The minimum Gasteiger partial charge on any atom is -0.480 e. The first-order valence-electron chi connectivity index (χ1n) is 18.4. The molecule has 0 saturated carbocycles. The summed E-state index contributed by atoms with van der Waals surface area (Å²) >= 11 is 0. The van der Waals surface area contributed by atoms with E-state index in [9.17, 15) is 23.8 Å². The predicted octanol–water partition coefficient (Wildman–Crippen LogP) is 8.72. The van der Waals surface area contributed by atoms with Gasteiger partial charge in [0.25, 0.3) is 0 Å². The van der Waals surface area contributed by atoms with Crippen LogP contribution in [-0.4, -0.2) is 59.9 Å². The van der Waals surface area contributed by atoms with Crippen molar-refractivity contribution in [3.8, 4) is 0 Å². The van der Waals surface area contributed by atoms with Crippen molar-refractivity contribution in [3.05, 3.63) is 24.3 Å². The third kappa shape index (κ3) is 31.2. The van der Waals surface area contributed by atoms with E-state index in [0.29, 0.717) is 12.8 Å². The number of nitrogens with two attached hydrogens (primary N) is 1. The number of allylic oxidation sites excluding steroid dienone is 4. The number of aliphatic carboxylic acids is 1. The maximum absolute atomic E-state index is 12.4. The fourth-order valence-corrected chi connectivity index (χ4v) is 5.56. The van der Waals surface area contributed by atoms with Gasteiger partial charge in [0.1, 0.15) is 12.6 Å². The van der Waals surface area contributed by atoms with Crippen molar-refractivity contribution >= 4 is 25.7 Å². The van der Waals surface area contributed by atoms with E-state index in [1.165, 1.54) is 89.9 Å². The Hall–Kier alpha value is -2.04. The summed E-state index contributed by atoms with van der Waals surface area (Å²) in [6, 6.07) is -1.52. The van der Waals surface area contributed by atoms with Gasteiger partial charge < -0.3 is 25.2 Å². The maximum Gasteiger partial charge on any atom is 0.472 e. The second-order valence-corrected chi connectivity index (χ2v) is 13.8. The lowest BCUT2D eigenvalue weighted by atomic mass is 10.0. The second kappa shape index (κ2) is 32.2. The number of carboxylic acids is 1. The van der Waals surface area contributed by atoms with Gasteiger partial charge in [0.15, 0.2) is 6.10 Å². The van der Waals surface area contributed by atoms with Gasteiger partial charge in [-0.05, 0) is 44.9 Å².